The fraction of sp³-hybridized carbons (Fsp3) is 0.417. The number of rotatable bonds is 2. The summed E-state index contributed by atoms with van der Waals surface area (Å²) >= 11 is 1.03. The zero-order chi connectivity index (χ0) is 13.4. The lowest BCUT2D eigenvalue weighted by atomic mass is 10.2. The molecule has 0 saturated carbocycles. The van der Waals surface area contributed by atoms with Gasteiger partial charge >= 0.3 is 0 Å². The Morgan fingerprint density at radius 2 is 2.26 bits per heavy atom. The zero-order valence-electron chi connectivity index (χ0n) is 10.1. The van der Waals surface area contributed by atoms with Gasteiger partial charge in [0.15, 0.2) is 0 Å². The van der Waals surface area contributed by atoms with Crippen molar-refractivity contribution in [2.24, 2.45) is 0 Å². The largest absolute Gasteiger partial charge is 0.472 e. The predicted molar refractivity (Wildman–Crippen MR) is 67.7 cm³/mol. The van der Waals surface area contributed by atoms with Crippen molar-refractivity contribution >= 4 is 28.8 Å². The van der Waals surface area contributed by atoms with E-state index in [0.717, 1.165) is 11.8 Å². The molecular weight excluding hydrogens is 268 g/mol. The van der Waals surface area contributed by atoms with E-state index in [4.69, 9.17) is 4.42 Å². The van der Waals surface area contributed by atoms with Gasteiger partial charge < -0.3 is 9.32 Å². The van der Waals surface area contributed by atoms with Crippen LogP contribution in [0.3, 0.4) is 0 Å². The minimum atomic E-state index is -0.201. The number of carbonyl (C=O) groups is 3. The van der Waals surface area contributed by atoms with Crippen LogP contribution in [-0.4, -0.2) is 51.7 Å². The van der Waals surface area contributed by atoms with E-state index in [1.54, 1.807) is 11.0 Å². The molecule has 2 saturated heterocycles. The Kier molecular flexibility index (Phi) is 3.06. The number of furan rings is 1. The number of thioether (sulfide) groups is 1. The van der Waals surface area contributed by atoms with Crippen LogP contribution in [-0.2, 0) is 4.79 Å². The molecule has 100 valence electrons. The lowest BCUT2D eigenvalue weighted by molar-refractivity contribution is -0.126. The van der Waals surface area contributed by atoms with E-state index in [2.05, 4.69) is 0 Å². The molecule has 0 bridgehead atoms. The van der Waals surface area contributed by atoms with Gasteiger partial charge in [0.1, 0.15) is 6.26 Å². The standard InChI is InChI=1S/C12H12N2O4S/c15-10-7-19-12(17)14(10)9-1-3-13(5-9)11(16)8-2-4-18-6-8/h2,4,6,9H,1,3,5,7H2/t9-/m1/s1. The third-order valence-electron chi connectivity index (χ3n) is 3.37. The lowest BCUT2D eigenvalue weighted by Gasteiger charge is -2.21. The predicted octanol–water partition coefficient (Wildman–Crippen LogP) is 1.19. The smallest absolute Gasteiger partial charge is 0.289 e. The Hall–Kier alpha value is -1.76. The Morgan fingerprint density at radius 3 is 2.89 bits per heavy atom. The second kappa shape index (κ2) is 4.73. The van der Waals surface area contributed by atoms with Crippen LogP contribution in [0.15, 0.2) is 23.0 Å². The quantitative estimate of drug-likeness (QED) is 0.813. The van der Waals surface area contributed by atoms with Gasteiger partial charge in [0, 0.05) is 13.1 Å². The summed E-state index contributed by atoms with van der Waals surface area (Å²) < 4.78 is 4.89. The third kappa shape index (κ3) is 2.14. The molecule has 0 radical (unpaired) electrons. The van der Waals surface area contributed by atoms with Crippen molar-refractivity contribution < 1.29 is 18.8 Å². The Bertz CT molecular complexity index is 512. The first kappa shape index (κ1) is 12.3. The number of hydrogen-bond donors (Lipinski definition) is 0. The number of hydrogen-bond acceptors (Lipinski definition) is 5. The van der Waals surface area contributed by atoms with E-state index >= 15 is 0 Å². The van der Waals surface area contributed by atoms with E-state index < -0.39 is 0 Å². The number of amides is 3. The normalized spacial score (nSPS) is 23.5. The highest BCUT2D eigenvalue weighted by molar-refractivity contribution is 8.14. The van der Waals surface area contributed by atoms with Gasteiger partial charge in [-0.2, -0.15) is 0 Å². The van der Waals surface area contributed by atoms with Crippen molar-refractivity contribution in [2.75, 3.05) is 18.8 Å². The second-order valence-electron chi connectivity index (χ2n) is 4.52. The highest BCUT2D eigenvalue weighted by Crippen LogP contribution is 2.26. The highest BCUT2D eigenvalue weighted by Gasteiger charge is 2.40. The van der Waals surface area contributed by atoms with E-state index in [1.165, 1.54) is 17.4 Å². The minimum Gasteiger partial charge on any atom is -0.472 e. The van der Waals surface area contributed by atoms with Crippen LogP contribution in [0.25, 0.3) is 0 Å². The maximum Gasteiger partial charge on any atom is 0.289 e. The molecule has 3 rings (SSSR count). The zero-order valence-corrected chi connectivity index (χ0v) is 10.9. The molecule has 0 N–H and O–H groups in total. The van der Waals surface area contributed by atoms with Crippen LogP contribution >= 0.6 is 11.8 Å². The van der Waals surface area contributed by atoms with Crippen molar-refractivity contribution in [3.05, 3.63) is 24.2 Å². The number of likely N-dealkylation sites (tertiary alicyclic amines) is 1. The molecule has 2 aliphatic rings. The fourth-order valence-electron chi connectivity index (χ4n) is 2.42. The molecular formula is C12H12N2O4S. The second-order valence-corrected chi connectivity index (χ2v) is 5.45. The van der Waals surface area contributed by atoms with Crippen LogP contribution in [0, 0.1) is 0 Å². The maximum absolute atomic E-state index is 12.1. The van der Waals surface area contributed by atoms with Crippen molar-refractivity contribution in [1.29, 1.82) is 0 Å². The molecule has 0 spiro atoms. The Balaban J connectivity index is 1.69. The molecule has 2 aliphatic heterocycles. The SMILES string of the molecule is O=C(c1ccoc1)N1CC[C@@H](N2C(=O)CSC2=O)C1. The first-order valence-corrected chi connectivity index (χ1v) is 6.95. The van der Waals surface area contributed by atoms with Gasteiger partial charge in [0.25, 0.3) is 11.1 Å². The summed E-state index contributed by atoms with van der Waals surface area (Å²) in [5.74, 6) is -0.0639. The van der Waals surface area contributed by atoms with E-state index in [0.29, 0.717) is 25.1 Å². The van der Waals surface area contributed by atoms with Crippen LogP contribution < -0.4 is 0 Å². The van der Waals surface area contributed by atoms with Gasteiger partial charge in [0.2, 0.25) is 5.91 Å². The molecule has 0 aliphatic carbocycles. The van der Waals surface area contributed by atoms with Crippen LogP contribution in [0.1, 0.15) is 16.8 Å². The van der Waals surface area contributed by atoms with Crippen LogP contribution in [0.5, 0.6) is 0 Å². The topological polar surface area (TPSA) is 70.8 Å². The monoisotopic (exact) mass is 280 g/mol. The molecule has 0 unspecified atom stereocenters. The van der Waals surface area contributed by atoms with Gasteiger partial charge in [-0.25, -0.2) is 0 Å². The lowest BCUT2D eigenvalue weighted by Crippen LogP contribution is -2.41. The van der Waals surface area contributed by atoms with Crippen LogP contribution in [0.2, 0.25) is 0 Å². The highest BCUT2D eigenvalue weighted by atomic mass is 32.2. The molecule has 2 fully saturated rings. The fourth-order valence-corrected chi connectivity index (χ4v) is 3.20. The average molecular weight is 280 g/mol. The van der Waals surface area contributed by atoms with Crippen molar-refractivity contribution in [3.8, 4) is 0 Å². The number of carbonyl (C=O) groups excluding carboxylic acids is 3. The maximum atomic E-state index is 12.1. The Morgan fingerprint density at radius 1 is 1.42 bits per heavy atom. The summed E-state index contributed by atoms with van der Waals surface area (Å²) in [5, 5.41) is -0.201. The van der Waals surface area contributed by atoms with Gasteiger partial charge in [-0.05, 0) is 12.5 Å². The molecule has 19 heavy (non-hydrogen) atoms. The molecule has 3 amide bonds. The molecule has 7 heteroatoms. The molecule has 1 aromatic heterocycles. The summed E-state index contributed by atoms with van der Waals surface area (Å²) in [6.07, 6.45) is 3.49. The molecule has 1 aromatic rings. The molecule has 6 nitrogen and oxygen atoms in total. The summed E-state index contributed by atoms with van der Waals surface area (Å²) in [7, 11) is 0. The first-order valence-electron chi connectivity index (χ1n) is 5.97. The third-order valence-corrected chi connectivity index (χ3v) is 4.20. The van der Waals surface area contributed by atoms with Crippen molar-refractivity contribution in [1.82, 2.24) is 9.80 Å². The Labute approximate surface area is 113 Å². The van der Waals surface area contributed by atoms with Crippen LogP contribution in [0.4, 0.5) is 4.79 Å². The van der Waals surface area contributed by atoms with Crippen molar-refractivity contribution in [2.45, 2.75) is 12.5 Å². The summed E-state index contributed by atoms with van der Waals surface area (Å²) in [5.41, 5.74) is 0.495. The minimum absolute atomic E-state index is 0.122. The average Bonchev–Trinajstić information content (AvgIpc) is 3.10. The molecule has 1 atom stereocenters. The van der Waals surface area contributed by atoms with E-state index in [-0.39, 0.29) is 28.8 Å². The number of imide groups is 1. The number of nitrogens with zero attached hydrogens (tertiary/aromatic N) is 2. The van der Waals surface area contributed by atoms with E-state index in [1.807, 2.05) is 0 Å². The van der Waals surface area contributed by atoms with Gasteiger partial charge in [-0.1, -0.05) is 11.8 Å². The van der Waals surface area contributed by atoms with Gasteiger partial charge in [0.05, 0.1) is 23.6 Å². The molecule has 0 aromatic carbocycles. The summed E-state index contributed by atoms with van der Waals surface area (Å²) in [4.78, 5) is 38.3. The van der Waals surface area contributed by atoms with Crippen molar-refractivity contribution in [3.63, 3.8) is 0 Å². The van der Waals surface area contributed by atoms with Gasteiger partial charge in [-0.15, -0.1) is 0 Å². The first-order chi connectivity index (χ1) is 9.16. The van der Waals surface area contributed by atoms with Gasteiger partial charge in [-0.3, -0.25) is 19.3 Å². The summed E-state index contributed by atoms with van der Waals surface area (Å²) in [6, 6.07) is 1.42. The molecule has 3 heterocycles. The van der Waals surface area contributed by atoms with E-state index in [9.17, 15) is 14.4 Å². The summed E-state index contributed by atoms with van der Waals surface area (Å²) in [6.45, 7) is 0.957.